The largest absolute Gasteiger partial charge is 0.465 e. The Bertz CT molecular complexity index is 787. The van der Waals surface area contributed by atoms with Crippen molar-refractivity contribution in [2.75, 3.05) is 0 Å². The molecule has 96 valence electrons. The van der Waals surface area contributed by atoms with Crippen LogP contribution in [0, 0.1) is 0 Å². The number of hydrogen-bond acceptors (Lipinski definition) is 1. The summed E-state index contributed by atoms with van der Waals surface area (Å²) >= 11 is 0. The third-order valence-corrected chi connectivity index (χ3v) is 3.87. The highest BCUT2D eigenvalue weighted by atomic mass is 16.5. The third kappa shape index (κ3) is 1.71. The van der Waals surface area contributed by atoms with Crippen LogP contribution in [0.15, 0.2) is 79.1 Å². The van der Waals surface area contributed by atoms with Crippen molar-refractivity contribution in [1.29, 1.82) is 0 Å². The van der Waals surface area contributed by atoms with Gasteiger partial charge < -0.3 is 4.74 Å². The molecule has 0 radical (unpaired) electrons. The summed E-state index contributed by atoms with van der Waals surface area (Å²) in [5.74, 6) is 1.21. The number of fused-ring (bicyclic) bond motifs is 3. The molecule has 3 aromatic rings. The molecule has 0 saturated carbocycles. The smallest absolute Gasteiger partial charge is 0.131 e. The van der Waals surface area contributed by atoms with E-state index in [4.69, 9.17) is 4.74 Å². The predicted molar refractivity (Wildman–Crippen MR) is 82.0 cm³/mol. The van der Waals surface area contributed by atoms with E-state index in [0.29, 0.717) is 0 Å². The monoisotopic (exact) mass is 258 g/mol. The van der Waals surface area contributed by atoms with Gasteiger partial charge >= 0.3 is 0 Å². The van der Waals surface area contributed by atoms with Gasteiger partial charge in [-0.15, -0.1) is 0 Å². The Morgan fingerprint density at radius 2 is 1.55 bits per heavy atom. The molecule has 0 fully saturated rings. The fourth-order valence-electron chi connectivity index (χ4n) is 2.92. The predicted octanol–water partition coefficient (Wildman–Crippen LogP) is 4.88. The minimum Gasteiger partial charge on any atom is -0.465 e. The maximum Gasteiger partial charge on any atom is 0.131 e. The van der Waals surface area contributed by atoms with Crippen LogP contribution in [0.4, 0.5) is 0 Å². The normalized spacial score (nSPS) is 16.7. The van der Waals surface area contributed by atoms with E-state index in [1.165, 1.54) is 21.9 Å². The van der Waals surface area contributed by atoms with E-state index in [9.17, 15) is 0 Å². The van der Waals surface area contributed by atoms with Crippen LogP contribution in [-0.4, -0.2) is 0 Å². The molecule has 0 unspecified atom stereocenters. The van der Waals surface area contributed by atoms with Gasteiger partial charge in [0.05, 0.1) is 6.26 Å². The van der Waals surface area contributed by atoms with E-state index < -0.39 is 0 Å². The quantitative estimate of drug-likeness (QED) is 0.604. The van der Waals surface area contributed by atoms with E-state index in [0.717, 1.165) is 5.75 Å². The zero-order valence-corrected chi connectivity index (χ0v) is 11.0. The van der Waals surface area contributed by atoms with Crippen molar-refractivity contribution in [2.45, 2.75) is 5.92 Å². The molecule has 1 aliphatic rings. The Labute approximate surface area is 118 Å². The zero-order valence-electron chi connectivity index (χ0n) is 11.0. The lowest BCUT2D eigenvalue weighted by Crippen LogP contribution is -2.06. The summed E-state index contributed by atoms with van der Waals surface area (Å²) in [4.78, 5) is 0. The van der Waals surface area contributed by atoms with Crippen LogP contribution in [0.25, 0.3) is 10.8 Å². The Kier molecular flexibility index (Phi) is 2.56. The Hall–Kier alpha value is -2.54. The Morgan fingerprint density at radius 1 is 0.750 bits per heavy atom. The average molecular weight is 258 g/mol. The fourth-order valence-corrected chi connectivity index (χ4v) is 2.92. The first-order valence-electron chi connectivity index (χ1n) is 6.83. The van der Waals surface area contributed by atoms with Crippen LogP contribution in [0.5, 0.6) is 5.75 Å². The minimum atomic E-state index is 0.256. The summed E-state index contributed by atoms with van der Waals surface area (Å²) in [6.07, 6.45) is 3.93. The van der Waals surface area contributed by atoms with Crippen LogP contribution in [-0.2, 0) is 0 Å². The Morgan fingerprint density at radius 3 is 2.45 bits per heavy atom. The molecule has 0 saturated heterocycles. The first kappa shape index (κ1) is 11.3. The van der Waals surface area contributed by atoms with Gasteiger partial charge in [-0.05, 0) is 28.5 Å². The molecular weight excluding hydrogens is 244 g/mol. The van der Waals surface area contributed by atoms with Crippen molar-refractivity contribution >= 4 is 10.8 Å². The summed E-state index contributed by atoms with van der Waals surface area (Å²) in [6, 6.07) is 23.2. The molecule has 0 spiro atoms. The standard InChI is InChI=1S/C19H14O/c1-2-6-14(7-3-1)17-12-13-20-18-11-10-15-8-4-5-9-16(15)19(17)18/h1-13,17H/t17-/m1/s1. The summed E-state index contributed by atoms with van der Waals surface area (Å²) in [6.45, 7) is 0. The van der Waals surface area contributed by atoms with Gasteiger partial charge in [-0.2, -0.15) is 0 Å². The number of rotatable bonds is 1. The van der Waals surface area contributed by atoms with Gasteiger partial charge in [0, 0.05) is 11.5 Å². The molecule has 0 amide bonds. The van der Waals surface area contributed by atoms with Crippen LogP contribution < -0.4 is 4.74 Å². The second kappa shape index (κ2) is 4.53. The lowest BCUT2D eigenvalue weighted by Gasteiger charge is -2.23. The second-order valence-electron chi connectivity index (χ2n) is 5.03. The van der Waals surface area contributed by atoms with Gasteiger partial charge in [0.2, 0.25) is 0 Å². The van der Waals surface area contributed by atoms with E-state index >= 15 is 0 Å². The lowest BCUT2D eigenvalue weighted by atomic mass is 9.86. The molecule has 1 nitrogen and oxygen atoms in total. The van der Waals surface area contributed by atoms with Gasteiger partial charge in [-0.1, -0.05) is 60.7 Å². The molecule has 1 aliphatic heterocycles. The van der Waals surface area contributed by atoms with Crippen molar-refractivity contribution in [1.82, 2.24) is 0 Å². The molecule has 0 aliphatic carbocycles. The number of allylic oxidation sites excluding steroid dienone is 1. The maximum absolute atomic E-state index is 5.70. The molecule has 0 bridgehead atoms. The average Bonchev–Trinajstić information content (AvgIpc) is 2.55. The van der Waals surface area contributed by atoms with E-state index in [1.807, 2.05) is 0 Å². The maximum atomic E-state index is 5.70. The van der Waals surface area contributed by atoms with E-state index in [-0.39, 0.29) is 5.92 Å². The molecule has 3 aromatic carbocycles. The van der Waals surface area contributed by atoms with Crippen LogP contribution in [0.2, 0.25) is 0 Å². The molecule has 0 N–H and O–H groups in total. The highest BCUT2D eigenvalue weighted by molar-refractivity contribution is 5.89. The molecule has 0 aromatic heterocycles. The van der Waals surface area contributed by atoms with Crippen LogP contribution >= 0.6 is 0 Å². The first-order valence-corrected chi connectivity index (χ1v) is 6.83. The summed E-state index contributed by atoms with van der Waals surface area (Å²) < 4.78 is 5.70. The molecular formula is C19H14O. The SMILES string of the molecule is C1=C[C@H](c2ccccc2)c2c(ccc3ccccc23)O1. The highest BCUT2D eigenvalue weighted by Crippen LogP contribution is 2.40. The van der Waals surface area contributed by atoms with Crippen molar-refractivity contribution in [3.8, 4) is 5.75 Å². The van der Waals surface area contributed by atoms with Crippen molar-refractivity contribution < 1.29 is 4.74 Å². The first-order chi connectivity index (χ1) is 9.93. The summed E-state index contributed by atoms with van der Waals surface area (Å²) in [5, 5.41) is 2.52. The van der Waals surface area contributed by atoms with Crippen molar-refractivity contribution in [3.63, 3.8) is 0 Å². The molecule has 1 heterocycles. The lowest BCUT2D eigenvalue weighted by molar-refractivity contribution is 0.460. The molecule has 1 atom stereocenters. The van der Waals surface area contributed by atoms with Crippen LogP contribution in [0.1, 0.15) is 17.0 Å². The summed E-state index contributed by atoms with van der Waals surface area (Å²) in [7, 11) is 0. The molecule has 1 heteroatoms. The fraction of sp³-hybridized carbons (Fsp3) is 0.0526. The number of hydrogen-bond donors (Lipinski definition) is 0. The number of benzene rings is 3. The van der Waals surface area contributed by atoms with Gasteiger partial charge in [-0.25, -0.2) is 0 Å². The van der Waals surface area contributed by atoms with Gasteiger partial charge in [-0.3, -0.25) is 0 Å². The van der Waals surface area contributed by atoms with Crippen molar-refractivity contribution in [2.24, 2.45) is 0 Å². The second-order valence-corrected chi connectivity index (χ2v) is 5.03. The zero-order chi connectivity index (χ0) is 13.4. The molecule has 20 heavy (non-hydrogen) atoms. The minimum absolute atomic E-state index is 0.256. The van der Waals surface area contributed by atoms with Gasteiger partial charge in [0.1, 0.15) is 5.75 Å². The van der Waals surface area contributed by atoms with Gasteiger partial charge in [0.25, 0.3) is 0 Å². The van der Waals surface area contributed by atoms with Crippen LogP contribution in [0.3, 0.4) is 0 Å². The van der Waals surface area contributed by atoms with Gasteiger partial charge in [0.15, 0.2) is 0 Å². The third-order valence-electron chi connectivity index (χ3n) is 3.87. The topological polar surface area (TPSA) is 9.23 Å². The highest BCUT2D eigenvalue weighted by Gasteiger charge is 2.21. The summed E-state index contributed by atoms with van der Waals surface area (Å²) in [5.41, 5.74) is 2.56. The van der Waals surface area contributed by atoms with E-state index in [1.54, 1.807) is 6.26 Å². The van der Waals surface area contributed by atoms with E-state index in [2.05, 4.69) is 72.8 Å². The van der Waals surface area contributed by atoms with Crippen molar-refractivity contribution in [3.05, 3.63) is 90.2 Å². The Balaban J connectivity index is 2.00. The number of ether oxygens (including phenoxy) is 1. The molecule has 4 rings (SSSR count).